The standard InChI is InChI=1S/C12H9F2N3O2/c13-7-4-5-10(8(14)6-7)19-11-3-1-2-9(16-11)12(15)17-18/h1-6,18H,(H2,15,17). The van der Waals surface area contributed by atoms with Crippen LogP contribution in [-0.4, -0.2) is 16.0 Å². The quantitative estimate of drug-likeness (QED) is 0.386. The summed E-state index contributed by atoms with van der Waals surface area (Å²) in [6, 6.07) is 7.38. The van der Waals surface area contributed by atoms with Crippen molar-refractivity contribution in [2.45, 2.75) is 0 Å². The smallest absolute Gasteiger partial charge is 0.220 e. The van der Waals surface area contributed by atoms with E-state index in [1.807, 2.05) is 0 Å². The molecule has 0 bridgehead atoms. The van der Waals surface area contributed by atoms with Gasteiger partial charge in [0.2, 0.25) is 5.88 Å². The first kappa shape index (κ1) is 12.7. The summed E-state index contributed by atoms with van der Waals surface area (Å²) in [5, 5.41) is 11.3. The molecule has 0 fully saturated rings. The Bertz CT molecular complexity index is 632. The molecular formula is C12H9F2N3O2. The van der Waals surface area contributed by atoms with E-state index in [1.54, 1.807) is 0 Å². The van der Waals surface area contributed by atoms with Crippen LogP contribution >= 0.6 is 0 Å². The van der Waals surface area contributed by atoms with Crippen LogP contribution in [-0.2, 0) is 0 Å². The average molecular weight is 265 g/mol. The molecule has 5 nitrogen and oxygen atoms in total. The molecule has 0 aliphatic carbocycles. The first-order valence-electron chi connectivity index (χ1n) is 5.18. The number of oxime groups is 1. The second kappa shape index (κ2) is 5.30. The maximum Gasteiger partial charge on any atom is 0.220 e. The molecule has 0 aliphatic rings. The second-order valence-electron chi connectivity index (χ2n) is 3.52. The van der Waals surface area contributed by atoms with Gasteiger partial charge in [-0.1, -0.05) is 11.2 Å². The topological polar surface area (TPSA) is 80.7 Å². The van der Waals surface area contributed by atoms with Crippen LogP contribution in [0.3, 0.4) is 0 Å². The van der Waals surface area contributed by atoms with Gasteiger partial charge in [0.25, 0.3) is 0 Å². The molecule has 3 N–H and O–H groups in total. The molecule has 98 valence electrons. The van der Waals surface area contributed by atoms with E-state index in [2.05, 4.69) is 10.1 Å². The lowest BCUT2D eigenvalue weighted by atomic mass is 10.3. The Morgan fingerprint density at radius 3 is 2.74 bits per heavy atom. The van der Waals surface area contributed by atoms with Crippen molar-refractivity contribution >= 4 is 5.84 Å². The third-order valence-corrected chi connectivity index (χ3v) is 2.20. The third-order valence-electron chi connectivity index (χ3n) is 2.20. The number of halogens is 2. The molecule has 0 spiro atoms. The highest BCUT2D eigenvalue weighted by Gasteiger charge is 2.08. The highest BCUT2D eigenvalue weighted by Crippen LogP contribution is 2.23. The Kier molecular flexibility index (Phi) is 3.56. The van der Waals surface area contributed by atoms with Crippen molar-refractivity contribution in [3.63, 3.8) is 0 Å². The van der Waals surface area contributed by atoms with Crippen LogP contribution in [0.1, 0.15) is 5.69 Å². The molecule has 1 heterocycles. The lowest BCUT2D eigenvalue weighted by Gasteiger charge is -2.06. The zero-order valence-corrected chi connectivity index (χ0v) is 9.55. The van der Waals surface area contributed by atoms with Gasteiger partial charge in [0.05, 0.1) is 0 Å². The monoisotopic (exact) mass is 265 g/mol. The van der Waals surface area contributed by atoms with Gasteiger partial charge in [0.15, 0.2) is 17.4 Å². The number of nitrogens with zero attached hydrogens (tertiary/aromatic N) is 2. The minimum Gasteiger partial charge on any atom is -0.436 e. The lowest BCUT2D eigenvalue weighted by Crippen LogP contribution is -2.14. The van der Waals surface area contributed by atoms with Gasteiger partial charge in [-0.25, -0.2) is 13.8 Å². The van der Waals surface area contributed by atoms with Crippen LogP contribution in [0, 0.1) is 11.6 Å². The number of benzene rings is 1. The first-order chi connectivity index (χ1) is 9.10. The lowest BCUT2D eigenvalue weighted by molar-refractivity contribution is 0.318. The van der Waals surface area contributed by atoms with Gasteiger partial charge < -0.3 is 15.7 Å². The van der Waals surface area contributed by atoms with E-state index in [-0.39, 0.29) is 23.2 Å². The number of nitrogens with two attached hydrogens (primary N) is 1. The van der Waals surface area contributed by atoms with Crippen molar-refractivity contribution in [1.82, 2.24) is 4.98 Å². The fourth-order valence-corrected chi connectivity index (χ4v) is 1.34. The highest BCUT2D eigenvalue weighted by atomic mass is 19.1. The van der Waals surface area contributed by atoms with Crippen LogP contribution in [0.25, 0.3) is 0 Å². The number of rotatable bonds is 3. The summed E-state index contributed by atoms with van der Waals surface area (Å²) in [4.78, 5) is 3.90. The SMILES string of the molecule is NC(=NO)c1cccc(Oc2ccc(F)cc2F)n1. The molecular weight excluding hydrogens is 256 g/mol. The van der Waals surface area contributed by atoms with Crippen LogP contribution in [0.15, 0.2) is 41.6 Å². The van der Waals surface area contributed by atoms with E-state index in [0.717, 1.165) is 12.1 Å². The molecule has 1 aromatic carbocycles. The summed E-state index contributed by atoms with van der Waals surface area (Å²) < 4.78 is 31.3. The van der Waals surface area contributed by atoms with Crippen molar-refractivity contribution in [2.75, 3.05) is 0 Å². The normalized spacial score (nSPS) is 11.4. The predicted octanol–water partition coefficient (Wildman–Crippen LogP) is 2.25. The molecule has 0 unspecified atom stereocenters. The molecule has 7 heteroatoms. The molecule has 0 radical (unpaired) electrons. The van der Waals surface area contributed by atoms with Crippen molar-refractivity contribution in [2.24, 2.45) is 10.9 Å². The zero-order valence-electron chi connectivity index (χ0n) is 9.55. The second-order valence-corrected chi connectivity index (χ2v) is 3.52. The average Bonchev–Trinajstić information content (AvgIpc) is 2.41. The Labute approximate surface area is 107 Å². The number of pyridine rings is 1. The highest BCUT2D eigenvalue weighted by molar-refractivity contribution is 5.95. The minimum atomic E-state index is -0.851. The zero-order chi connectivity index (χ0) is 13.8. The Morgan fingerprint density at radius 1 is 1.26 bits per heavy atom. The summed E-state index contributed by atoms with van der Waals surface area (Å²) in [6.45, 7) is 0. The fraction of sp³-hybridized carbons (Fsp3) is 0. The predicted molar refractivity (Wildman–Crippen MR) is 63.2 cm³/mol. The van der Waals surface area contributed by atoms with Gasteiger partial charge in [-0.15, -0.1) is 0 Å². The Morgan fingerprint density at radius 2 is 2.05 bits per heavy atom. The van der Waals surface area contributed by atoms with E-state index in [1.165, 1.54) is 18.2 Å². The summed E-state index contributed by atoms with van der Waals surface area (Å²) in [5.74, 6) is -1.90. The third kappa shape index (κ3) is 2.95. The molecule has 0 aliphatic heterocycles. The van der Waals surface area contributed by atoms with E-state index in [4.69, 9.17) is 15.7 Å². The maximum absolute atomic E-state index is 13.4. The number of hydrogen-bond acceptors (Lipinski definition) is 4. The van der Waals surface area contributed by atoms with Crippen molar-refractivity contribution < 1.29 is 18.7 Å². The van der Waals surface area contributed by atoms with Crippen LogP contribution in [0.2, 0.25) is 0 Å². The number of amidine groups is 1. The van der Waals surface area contributed by atoms with Crippen LogP contribution in [0.5, 0.6) is 11.6 Å². The van der Waals surface area contributed by atoms with Gasteiger partial charge in [-0.3, -0.25) is 0 Å². The van der Waals surface area contributed by atoms with E-state index < -0.39 is 11.6 Å². The van der Waals surface area contributed by atoms with Crippen LogP contribution in [0.4, 0.5) is 8.78 Å². The van der Waals surface area contributed by atoms with Gasteiger partial charge in [0.1, 0.15) is 11.5 Å². The minimum absolute atomic E-state index is 0.0367. The molecule has 1 aromatic heterocycles. The molecule has 2 aromatic rings. The molecule has 0 atom stereocenters. The summed E-state index contributed by atoms with van der Waals surface area (Å²) >= 11 is 0. The summed E-state index contributed by atoms with van der Waals surface area (Å²) in [5.41, 5.74) is 5.53. The van der Waals surface area contributed by atoms with Crippen molar-refractivity contribution in [3.05, 3.63) is 53.7 Å². The number of aromatic nitrogens is 1. The van der Waals surface area contributed by atoms with Gasteiger partial charge in [-0.05, 0) is 18.2 Å². The molecule has 0 amide bonds. The van der Waals surface area contributed by atoms with Gasteiger partial charge in [-0.2, -0.15) is 0 Å². The van der Waals surface area contributed by atoms with Crippen LogP contribution < -0.4 is 10.5 Å². The Balaban J connectivity index is 2.28. The number of hydrogen-bond donors (Lipinski definition) is 2. The van der Waals surface area contributed by atoms with Gasteiger partial charge >= 0.3 is 0 Å². The molecule has 0 saturated carbocycles. The number of ether oxygens (including phenoxy) is 1. The van der Waals surface area contributed by atoms with E-state index in [9.17, 15) is 8.78 Å². The van der Waals surface area contributed by atoms with Gasteiger partial charge in [0, 0.05) is 12.1 Å². The summed E-state index contributed by atoms with van der Waals surface area (Å²) in [6.07, 6.45) is 0. The van der Waals surface area contributed by atoms with Crippen molar-refractivity contribution in [1.29, 1.82) is 0 Å². The Hall–Kier alpha value is -2.70. The molecule has 0 saturated heterocycles. The van der Waals surface area contributed by atoms with Crippen molar-refractivity contribution in [3.8, 4) is 11.6 Å². The molecule has 2 rings (SSSR count). The summed E-state index contributed by atoms with van der Waals surface area (Å²) in [7, 11) is 0. The molecule has 19 heavy (non-hydrogen) atoms. The fourth-order valence-electron chi connectivity index (χ4n) is 1.34. The van der Waals surface area contributed by atoms with E-state index in [0.29, 0.717) is 6.07 Å². The first-order valence-corrected chi connectivity index (χ1v) is 5.18. The van der Waals surface area contributed by atoms with E-state index >= 15 is 0 Å². The maximum atomic E-state index is 13.4. The largest absolute Gasteiger partial charge is 0.436 e.